The Hall–Kier alpha value is -4.33. The number of carbonyl (C=O) groups excluding carboxylic acids is 1. The highest BCUT2D eigenvalue weighted by atomic mass is 19.1. The van der Waals surface area contributed by atoms with Crippen molar-refractivity contribution < 1.29 is 27.8 Å². The first-order valence-electron chi connectivity index (χ1n) is 11.3. The van der Waals surface area contributed by atoms with E-state index in [1.54, 1.807) is 17.0 Å². The number of methoxy groups -OCH3 is 3. The third kappa shape index (κ3) is 3.94. The molecule has 0 aliphatic carbocycles. The number of para-hydroxylation sites is 1. The van der Waals surface area contributed by atoms with Crippen molar-refractivity contribution in [1.82, 2.24) is 9.47 Å². The van der Waals surface area contributed by atoms with E-state index in [0.29, 0.717) is 28.5 Å². The molecule has 6 nitrogen and oxygen atoms in total. The van der Waals surface area contributed by atoms with E-state index in [0.717, 1.165) is 17.3 Å². The number of rotatable bonds is 5. The van der Waals surface area contributed by atoms with Gasteiger partial charge in [0.05, 0.1) is 33.1 Å². The zero-order valence-electron chi connectivity index (χ0n) is 20.0. The number of hydrogen-bond acceptors (Lipinski definition) is 4. The monoisotopic (exact) mass is 490 g/mol. The maximum atomic E-state index is 14.4. The molecule has 0 fully saturated rings. The molecule has 0 saturated carbocycles. The average molecular weight is 491 g/mol. The smallest absolute Gasteiger partial charge is 0.255 e. The lowest BCUT2D eigenvalue weighted by Crippen LogP contribution is -2.35. The van der Waals surface area contributed by atoms with Crippen LogP contribution in [0.25, 0.3) is 5.69 Å². The molecule has 1 atom stereocenters. The summed E-state index contributed by atoms with van der Waals surface area (Å²) in [5, 5.41) is 0. The molecule has 1 amide bonds. The third-order valence-electron chi connectivity index (χ3n) is 6.34. The van der Waals surface area contributed by atoms with Crippen molar-refractivity contribution >= 4 is 5.91 Å². The van der Waals surface area contributed by atoms with Gasteiger partial charge in [0.25, 0.3) is 5.91 Å². The highest BCUT2D eigenvalue weighted by Crippen LogP contribution is 2.41. The molecule has 184 valence electrons. The van der Waals surface area contributed by atoms with E-state index in [-0.39, 0.29) is 18.0 Å². The van der Waals surface area contributed by atoms with E-state index in [1.807, 2.05) is 47.2 Å². The topological polar surface area (TPSA) is 52.9 Å². The van der Waals surface area contributed by atoms with Gasteiger partial charge in [-0.3, -0.25) is 4.79 Å². The van der Waals surface area contributed by atoms with Crippen molar-refractivity contribution in [1.29, 1.82) is 0 Å². The molecule has 5 rings (SSSR count). The Bertz CT molecular complexity index is 1400. The lowest BCUT2D eigenvalue weighted by Gasteiger charge is -2.31. The minimum Gasteiger partial charge on any atom is -0.493 e. The second kappa shape index (κ2) is 9.37. The summed E-state index contributed by atoms with van der Waals surface area (Å²) in [4.78, 5) is 15.8. The summed E-state index contributed by atoms with van der Waals surface area (Å²) >= 11 is 0. The maximum Gasteiger partial charge on any atom is 0.255 e. The number of nitrogens with zero attached hydrogens (tertiary/aromatic N) is 2. The summed E-state index contributed by atoms with van der Waals surface area (Å²) in [7, 11) is 4.42. The van der Waals surface area contributed by atoms with Crippen LogP contribution in [0.5, 0.6) is 17.2 Å². The zero-order chi connectivity index (χ0) is 25.4. The minimum atomic E-state index is -0.774. The van der Waals surface area contributed by atoms with Crippen molar-refractivity contribution in [3.63, 3.8) is 0 Å². The van der Waals surface area contributed by atoms with Crippen LogP contribution in [-0.4, -0.2) is 36.7 Å². The average Bonchev–Trinajstić information content (AvgIpc) is 3.30. The summed E-state index contributed by atoms with van der Waals surface area (Å²) in [6.07, 6.45) is 1.88. The predicted octanol–water partition coefficient (Wildman–Crippen LogP) is 5.53. The lowest BCUT2D eigenvalue weighted by atomic mass is 9.99. The van der Waals surface area contributed by atoms with Crippen molar-refractivity contribution in [2.75, 3.05) is 21.3 Å². The standard InChI is InChI=1S/C28H24F2N2O4/c1-34-24-13-19(14-25(35-2)27(24)36-3)28(33)32-16-17-7-4-5-8-22(17)31-10-6-9-23(31)26(32)18-11-20(29)15-21(30)12-18/h4-15,26H,16H2,1-3H3/t26-/m0/s1. The highest BCUT2D eigenvalue weighted by molar-refractivity contribution is 5.96. The number of fused-ring (bicyclic) bond motifs is 3. The van der Waals surface area contributed by atoms with Crippen molar-refractivity contribution in [3.8, 4) is 22.9 Å². The summed E-state index contributed by atoms with van der Waals surface area (Å²) in [5.41, 5.74) is 3.07. The van der Waals surface area contributed by atoms with Crippen LogP contribution in [-0.2, 0) is 6.54 Å². The molecular weight excluding hydrogens is 466 g/mol. The van der Waals surface area contributed by atoms with E-state index in [9.17, 15) is 13.6 Å². The predicted molar refractivity (Wildman–Crippen MR) is 130 cm³/mol. The van der Waals surface area contributed by atoms with E-state index in [1.165, 1.54) is 33.5 Å². The Morgan fingerprint density at radius 3 is 2.17 bits per heavy atom. The number of hydrogen-bond donors (Lipinski definition) is 0. The van der Waals surface area contributed by atoms with Gasteiger partial charge in [0.1, 0.15) is 11.6 Å². The van der Waals surface area contributed by atoms with Crippen LogP contribution >= 0.6 is 0 Å². The fourth-order valence-electron chi connectivity index (χ4n) is 4.79. The van der Waals surface area contributed by atoms with Crippen molar-refractivity contribution in [2.45, 2.75) is 12.6 Å². The van der Waals surface area contributed by atoms with Gasteiger partial charge < -0.3 is 23.7 Å². The minimum absolute atomic E-state index is 0.205. The second-order valence-corrected chi connectivity index (χ2v) is 8.38. The molecule has 36 heavy (non-hydrogen) atoms. The van der Waals surface area contributed by atoms with Gasteiger partial charge in [-0.25, -0.2) is 8.78 Å². The van der Waals surface area contributed by atoms with E-state index < -0.39 is 17.7 Å². The number of ether oxygens (including phenoxy) is 3. The molecule has 0 radical (unpaired) electrons. The summed E-state index contributed by atoms with van der Waals surface area (Å²) < 4.78 is 47.0. The second-order valence-electron chi connectivity index (χ2n) is 8.38. The lowest BCUT2D eigenvalue weighted by molar-refractivity contribution is 0.0689. The van der Waals surface area contributed by atoms with E-state index in [4.69, 9.17) is 14.2 Å². The van der Waals surface area contributed by atoms with Gasteiger partial charge in [-0.2, -0.15) is 0 Å². The van der Waals surface area contributed by atoms with Crippen LogP contribution in [0.15, 0.2) is 72.9 Å². The molecular formula is C28H24F2N2O4. The first kappa shape index (κ1) is 23.4. The van der Waals surface area contributed by atoms with Crippen molar-refractivity contribution in [3.05, 3.63) is 107 Å². The molecule has 2 heterocycles. The van der Waals surface area contributed by atoms with Gasteiger partial charge in [-0.05, 0) is 53.6 Å². The van der Waals surface area contributed by atoms with E-state index >= 15 is 0 Å². The Kier molecular flexibility index (Phi) is 6.10. The Morgan fingerprint density at radius 1 is 0.861 bits per heavy atom. The molecule has 0 unspecified atom stereocenters. The molecule has 3 aromatic carbocycles. The molecule has 0 spiro atoms. The van der Waals surface area contributed by atoms with Gasteiger partial charge in [-0.1, -0.05) is 18.2 Å². The van der Waals surface area contributed by atoms with Gasteiger partial charge >= 0.3 is 0 Å². The number of carbonyl (C=O) groups is 1. The molecule has 1 aromatic heterocycles. The molecule has 0 saturated heterocycles. The van der Waals surface area contributed by atoms with Gasteiger partial charge in [0, 0.05) is 30.1 Å². The fraction of sp³-hybridized carbons (Fsp3) is 0.179. The van der Waals surface area contributed by atoms with Gasteiger partial charge in [0.2, 0.25) is 5.75 Å². The molecule has 8 heteroatoms. The Balaban J connectivity index is 1.73. The van der Waals surface area contributed by atoms with E-state index in [2.05, 4.69) is 0 Å². The molecule has 1 aliphatic heterocycles. The quantitative estimate of drug-likeness (QED) is 0.369. The highest BCUT2D eigenvalue weighted by Gasteiger charge is 2.34. The molecule has 1 aliphatic rings. The van der Waals surface area contributed by atoms with Crippen LogP contribution in [0.3, 0.4) is 0 Å². The number of aromatic nitrogens is 1. The number of benzene rings is 3. The van der Waals surface area contributed by atoms with Crippen LogP contribution < -0.4 is 14.2 Å². The summed E-state index contributed by atoms with van der Waals surface area (Å²) in [5.74, 6) is -0.793. The van der Waals surface area contributed by atoms with Crippen molar-refractivity contribution in [2.24, 2.45) is 0 Å². The maximum absolute atomic E-state index is 14.4. The summed E-state index contributed by atoms with van der Waals surface area (Å²) in [6, 6.07) is 17.1. The summed E-state index contributed by atoms with van der Waals surface area (Å²) in [6.45, 7) is 0.205. The largest absolute Gasteiger partial charge is 0.493 e. The van der Waals surface area contributed by atoms with Crippen LogP contribution in [0.1, 0.15) is 33.2 Å². The van der Waals surface area contributed by atoms with Crippen LogP contribution in [0, 0.1) is 11.6 Å². The molecule has 0 N–H and O–H groups in total. The third-order valence-corrected chi connectivity index (χ3v) is 6.34. The fourth-order valence-corrected chi connectivity index (χ4v) is 4.79. The van der Waals surface area contributed by atoms with Gasteiger partial charge in [-0.15, -0.1) is 0 Å². The number of halogens is 2. The molecule has 4 aromatic rings. The Labute approximate surface area is 207 Å². The van der Waals surface area contributed by atoms with Crippen LogP contribution in [0.2, 0.25) is 0 Å². The molecule has 0 bridgehead atoms. The first-order chi connectivity index (χ1) is 17.4. The van der Waals surface area contributed by atoms with Crippen LogP contribution in [0.4, 0.5) is 8.78 Å². The normalized spacial score (nSPS) is 14.5. The Morgan fingerprint density at radius 2 is 1.53 bits per heavy atom. The zero-order valence-corrected chi connectivity index (χ0v) is 20.0. The number of amides is 1. The first-order valence-corrected chi connectivity index (χ1v) is 11.3. The SMILES string of the molecule is COc1cc(C(=O)N2Cc3ccccc3-n3cccc3[C@@H]2c2cc(F)cc(F)c2)cc(OC)c1OC. The van der Waals surface area contributed by atoms with Gasteiger partial charge in [0.15, 0.2) is 11.5 Å².